The molecule has 2 aromatic rings. The summed E-state index contributed by atoms with van der Waals surface area (Å²) >= 11 is 0. The van der Waals surface area contributed by atoms with Gasteiger partial charge in [-0.3, -0.25) is 4.79 Å². The molecule has 0 radical (unpaired) electrons. The largest absolute Gasteiger partial charge is 0.396 e. The van der Waals surface area contributed by atoms with E-state index in [2.05, 4.69) is 20.2 Å². The van der Waals surface area contributed by atoms with Crippen LogP contribution in [0.15, 0.2) is 30.6 Å². The summed E-state index contributed by atoms with van der Waals surface area (Å²) in [6, 6.07) is 7.99. The van der Waals surface area contributed by atoms with Crippen molar-refractivity contribution in [3.8, 4) is 0 Å². The number of amides is 1. The number of fused-ring (bicyclic) bond motifs is 1. The molecule has 6 heteroatoms. The van der Waals surface area contributed by atoms with Crippen molar-refractivity contribution in [3.63, 3.8) is 0 Å². The highest BCUT2D eigenvalue weighted by atomic mass is 16.2. The van der Waals surface area contributed by atoms with Crippen LogP contribution in [-0.2, 0) is 4.79 Å². The van der Waals surface area contributed by atoms with Crippen LogP contribution in [0.2, 0.25) is 0 Å². The van der Waals surface area contributed by atoms with Gasteiger partial charge in [0.1, 0.15) is 12.1 Å². The van der Waals surface area contributed by atoms with Crippen LogP contribution in [0.5, 0.6) is 0 Å². The summed E-state index contributed by atoms with van der Waals surface area (Å²) in [6.45, 7) is 2.52. The summed E-state index contributed by atoms with van der Waals surface area (Å²) in [5, 5.41) is 12.9. The van der Waals surface area contributed by atoms with Crippen LogP contribution in [0.25, 0.3) is 10.9 Å². The van der Waals surface area contributed by atoms with Crippen molar-refractivity contribution in [2.24, 2.45) is 5.92 Å². The molecule has 1 aromatic heterocycles. The Hall–Kier alpha value is -2.21. The van der Waals surface area contributed by atoms with Gasteiger partial charge < -0.3 is 15.3 Å². The summed E-state index contributed by atoms with van der Waals surface area (Å²) in [5.41, 5.74) is 0.933. The molecule has 2 heterocycles. The van der Waals surface area contributed by atoms with E-state index in [-0.39, 0.29) is 18.4 Å². The molecule has 3 rings (SSSR count). The van der Waals surface area contributed by atoms with E-state index in [1.54, 1.807) is 6.33 Å². The highest BCUT2D eigenvalue weighted by Gasteiger charge is 2.27. The molecule has 2 N–H and O–H groups in total. The van der Waals surface area contributed by atoms with Gasteiger partial charge in [-0.2, -0.15) is 0 Å². The first-order valence-corrected chi connectivity index (χ1v) is 9.13. The van der Waals surface area contributed by atoms with Crippen molar-refractivity contribution in [3.05, 3.63) is 30.6 Å². The minimum Gasteiger partial charge on any atom is -0.396 e. The summed E-state index contributed by atoms with van der Waals surface area (Å²) in [6.07, 6.45) is 6.17. The summed E-state index contributed by atoms with van der Waals surface area (Å²) in [7, 11) is 0. The Morgan fingerprint density at radius 1 is 1.24 bits per heavy atom. The molecule has 1 fully saturated rings. The molecule has 6 nitrogen and oxygen atoms in total. The maximum Gasteiger partial charge on any atom is 0.224 e. The molecule has 0 spiro atoms. The first-order chi connectivity index (χ1) is 12.3. The second kappa shape index (κ2) is 8.76. The fourth-order valence-electron chi connectivity index (χ4n) is 3.40. The number of unbranched alkanes of at least 4 members (excludes halogenated alkanes) is 2. The molecule has 1 aliphatic rings. The average Bonchev–Trinajstić information content (AvgIpc) is 2.67. The summed E-state index contributed by atoms with van der Waals surface area (Å²) < 4.78 is 0. The van der Waals surface area contributed by atoms with E-state index < -0.39 is 0 Å². The molecule has 0 bridgehead atoms. The van der Waals surface area contributed by atoms with Gasteiger partial charge in [-0.15, -0.1) is 0 Å². The molecule has 134 valence electrons. The Bertz CT molecular complexity index is 701. The molecular formula is C19H26N4O2. The standard InChI is InChI=1S/C19H26N4O2/c24-12-5-1-4-10-20-19(25)15-7-6-11-23(13-15)18-16-8-2-3-9-17(16)21-14-22-18/h2-3,8-9,14-15,24H,1,4-7,10-13H2,(H,20,25). The van der Waals surface area contributed by atoms with Crippen molar-refractivity contribution in [1.82, 2.24) is 15.3 Å². The molecule has 1 aromatic carbocycles. The number of para-hydroxylation sites is 1. The van der Waals surface area contributed by atoms with Gasteiger partial charge in [-0.25, -0.2) is 9.97 Å². The SMILES string of the molecule is O=C(NCCCCCO)C1CCCN(c2ncnc3ccccc23)C1. The third-order valence-electron chi connectivity index (χ3n) is 4.75. The van der Waals surface area contributed by atoms with Crippen LogP contribution in [-0.4, -0.2) is 47.2 Å². The predicted molar refractivity (Wildman–Crippen MR) is 98.4 cm³/mol. The Morgan fingerprint density at radius 3 is 3.00 bits per heavy atom. The highest BCUT2D eigenvalue weighted by molar-refractivity contribution is 5.89. The van der Waals surface area contributed by atoms with Gasteiger partial charge in [0.2, 0.25) is 5.91 Å². The van der Waals surface area contributed by atoms with Crippen molar-refractivity contribution in [2.45, 2.75) is 32.1 Å². The van der Waals surface area contributed by atoms with E-state index in [9.17, 15) is 4.79 Å². The first-order valence-electron chi connectivity index (χ1n) is 9.13. The van der Waals surface area contributed by atoms with Crippen molar-refractivity contribution >= 4 is 22.6 Å². The van der Waals surface area contributed by atoms with E-state index in [0.717, 1.165) is 55.4 Å². The van der Waals surface area contributed by atoms with Crippen LogP contribution in [0.4, 0.5) is 5.82 Å². The predicted octanol–water partition coefficient (Wildman–Crippen LogP) is 2.12. The van der Waals surface area contributed by atoms with E-state index in [1.165, 1.54) is 0 Å². The smallest absolute Gasteiger partial charge is 0.224 e. The van der Waals surface area contributed by atoms with E-state index in [0.29, 0.717) is 13.1 Å². The van der Waals surface area contributed by atoms with E-state index in [1.807, 2.05) is 24.3 Å². The number of nitrogens with zero attached hydrogens (tertiary/aromatic N) is 3. The zero-order valence-corrected chi connectivity index (χ0v) is 14.5. The van der Waals surface area contributed by atoms with Crippen LogP contribution < -0.4 is 10.2 Å². The van der Waals surface area contributed by atoms with Crippen molar-refractivity contribution in [2.75, 3.05) is 31.1 Å². The van der Waals surface area contributed by atoms with Gasteiger partial charge >= 0.3 is 0 Å². The quantitative estimate of drug-likeness (QED) is 0.754. The number of carbonyl (C=O) groups is 1. The van der Waals surface area contributed by atoms with Gasteiger partial charge in [0.05, 0.1) is 11.4 Å². The highest BCUT2D eigenvalue weighted by Crippen LogP contribution is 2.27. The van der Waals surface area contributed by atoms with Gasteiger partial charge in [0.15, 0.2) is 0 Å². The molecule has 1 amide bonds. The maximum absolute atomic E-state index is 12.5. The Kier molecular flexibility index (Phi) is 6.17. The molecule has 1 unspecified atom stereocenters. The topological polar surface area (TPSA) is 78.4 Å². The van der Waals surface area contributed by atoms with Crippen LogP contribution >= 0.6 is 0 Å². The molecule has 1 saturated heterocycles. The first kappa shape index (κ1) is 17.6. The third kappa shape index (κ3) is 4.45. The lowest BCUT2D eigenvalue weighted by Crippen LogP contribution is -2.43. The van der Waals surface area contributed by atoms with Crippen LogP contribution in [0.1, 0.15) is 32.1 Å². The molecule has 0 saturated carbocycles. The Balaban J connectivity index is 1.62. The van der Waals surface area contributed by atoms with E-state index >= 15 is 0 Å². The minimum absolute atomic E-state index is 0.000296. The van der Waals surface area contributed by atoms with Crippen molar-refractivity contribution < 1.29 is 9.90 Å². The maximum atomic E-state index is 12.5. The number of benzene rings is 1. The number of carbonyl (C=O) groups excluding carboxylic acids is 1. The number of hydrogen-bond donors (Lipinski definition) is 2. The summed E-state index contributed by atoms with van der Waals surface area (Å²) in [5.74, 6) is 1.05. The number of rotatable bonds is 7. The second-order valence-corrected chi connectivity index (χ2v) is 6.57. The number of piperidine rings is 1. The number of aliphatic hydroxyl groups is 1. The number of hydrogen-bond acceptors (Lipinski definition) is 5. The lowest BCUT2D eigenvalue weighted by molar-refractivity contribution is -0.125. The normalized spacial score (nSPS) is 17.6. The third-order valence-corrected chi connectivity index (χ3v) is 4.75. The molecule has 1 atom stereocenters. The lowest BCUT2D eigenvalue weighted by atomic mass is 9.96. The second-order valence-electron chi connectivity index (χ2n) is 6.57. The molecule has 0 aliphatic carbocycles. The fourth-order valence-corrected chi connectivity index (χ4v) is 3.40. The number of nitrogens with one attached hydrogen (secondary N) is 1. The fraction of sp³-hybridized carbons (Fsp3) is 0.526. The number of aromatic nitrogens is 2. The zero-order valence-electron chi connectivity index (χ0n) is 14.5. The monoisotopic (exact) mass is 342 g/mol. The van der Waals surface area contributed by atoms with Crippen LogP contribution in [0, 0.1) is 5.92 Å². The zero-order chi connectivity index (χ0) is 17.5. The molecule has 25 heavy (non-hydrogen) atoms. The van der Waals surface area contributed by atoms with Gasteiger partial charge in [-0.1, -0.05) is 12.1 Å². The van der Waals surface area contributed by atoms with Gasteiger partial charge in [-0.05, 0) is 44.2 Å². The van der Waals surface area contributed by atoms with Crippen molar-refractivity contribution in [1.29, 1.82) is 0 Å². The lowest BCUT2D eigenvalue weighted by Gasteiger charge is -2.33. The average molecular weight is 342 g/mol. The molecule has 1 aliphatic heterocycles. The number of anilines is 1. The Labute approximate surface area is 148 Å². The van der Waals surface area contributed by atoms with Gasteiger partial charge in [0.25, 0.3) is 0 Å². The summed E-state index contributed by atoms with van der Waals surface area (Å²) in [4.78, 5) is 23.5. The van der Waals surface area contributed by atoms with Gasteiger partial charge in [0, 0.05) is 31.6 Å². The number of aliphatic hydroxyl groups excluding tert-OH is 1. The molecular weight excluding hydrogens is 316 g/mol. The minimum atomic E-state index is 0.000296. The van der Waals surface area contributed by atoms with E-state index in [4.69, 9.17) is 5.11 Å². The Morgan fingerprint density at radius 2 is 2.12 bits per heavy atom. The van der Waals surface area contributed by atoms with Crippen LogP contribution in [0.3, 0.4) is 0 Å².